The van der Waals surface area contributed by atoms with Crippen molar-refractivity contribution in [2.24, 2.45) is 0 Å². The van der Waals surface area contributed by atoms with Crippen LogP contribution in [0.1, 0.15) is 21.5 Å². The van der Waals surface area contributed by atoms with E-state index in [-0.39, 0.29) is 12.1 Å². The highest BCUT2D eigenvalue weighted by Crippen LogP contribution is 2.32. The number of cyclic esters (lactones) is 1. The first-order valence-corrected chi connectivity index (χ1v) is 11.6. The molecule has 1 aliphatic heterocycles. The molecule has 0 saturated heterocycles. The third-order valence-corrected chi connectivity index (χ3v) is 6.43. The van der Waals surface area contributed by atoms with Gasteiger partial charge in [-0.15, -0.1) is 5.10 Å². The number of ether oxygens (including phenoxy) is 2. The second-order valence-corrected chi connectivity index (χ2v) is 8.73. The molecule has 2 aromatic heterocycles. The molecule has 0 saturated carbocycles. The van der Waals surface area contributed by atoms with Gasteiger partial charge in [-0.2, -0.15) is 0 Å². The minimum atomic E-state index is -0.363. The van der Waals surface area contributed by atoms with Crippen molar-refractivity contribution in [2.45, 2.75) is 25.6 Å². The number of esters is 1. The molecule has 6 rings (SSSR count). The van der Waals surface area contributed by atoms with Gasteiger partial charge in [-0.25, -0.2) is 9.48 Å². The van der Waals surface area contributed by atoms with Crippen molar-refractivity contribution < 1.29 is 14.3 Å². The monoisotopic (exact) mass is 464 g/mol. The maximum absolute atomic E-state index is 13.1. The normalized spacial score (nSPS) is 15.1. The molecule has 0 fully saturated rings. The van der Waals surface area contributed by atoms with Crippen molar-refractivity contribution in [3.63, 3.8) is 0 Å². The molecule has 0 N–H and O–H groups in total. The van der Waals surface area contributed by atoms with Crippen LogP contribution in [-0.2, 0) is 24.2 Å². The molecular weight excluding hydrogens is 440 g/mol. The van der Waals surface area contributed by atoms with Crippen molar-refractivity contribution in [2.75, 3.05) is 7.11 Å². The predicted molar refractivity (Wildman–Crippen MR) is 132 cm³/mol. The van der Waals surface area contributed by atoms with E-state index in [0.29, 0.717) is 24.2 Å². The van der Waals surface area contributed by atoms with Crippen molar-refractivity contribution in [1.29, 1.82) is 0 Å². The van der Waals surface area contributed by atoms with E-state index in [2.05, 4.69) is 39.3 Å². The van der Waals surface area contributed by atoms with Gasteiger partial charge in [-0.1, -0.05) is 53.7 Å². The molecular formula is C28H24N4O3. The number of hydrogen-bond donors (Lipinski definition) is 0. The van der Waals surface area contributed by atoms with Crippen molar-refractivity contribution in [3.05, 3.63) is 102 Å². The minimum Gasteiger partial charge on any atom is -0.496 e. The Balaban J connectivity index is 1.30. The molecule has 7 heteroatoms. The van der Waals surface area contributed by atoms with Crippen LogP contribution in [0.15, 0.2) is 85.2 Å². The maximum atomic E-state index is 13.1. The van der Waals surface area contributed by atoms with E-state index >= 15 is 0 Å². The van der Waals surface area contributed by atoms with Crippen LogP contribution in [0.5, 0.6) is 5.75 Å². The van der Waals surface area contributed by atoms with Gasteiger partial charge in [0.1, 0.15) is 17.5 Å². The Bertz CT molecular complexity index is 1520. The van der Waals surface area contributed by atoms with Gasteiger partial charge < -0.3 is 14.0 Å². The average molecular weight is 465 g/mol. The van der Waals surface area contributed by atoms with Gasteiger partial charge in [0, 0.05) is 35.6 Å². The number of rotatable bonds is 6. The Morgan fingerprint density at radius 2 is 1.77 bits per heavy atom. The van der Waals surface area contributed by atoms with Crippen LogP contribution in [0.25, 0.3) is 22.2 Å². The number of aromatic nitrogens is 4. The number of methoxy groups -OCH3 is 1. The van der Waals surface area contributed by atoms with Gasteiger partial charge in [0.05, 0.1) is 25.4 Å². The Kier molecular flexibility index (Phi) is 5.29. The number of nitrogens with zero attached hydrogens (tertiary/aromatic N) is 4. The summed E-state index contributed by atoms with van der Waals surface area (Å²) in [7, 11) is 1.64. The van der Waals surface area contributed by atoms with Crippen molar-refractivity contribution >= 4 is 16.9 Å². The SMILES string of the molecule is COc1ccccc1-c1cn(CC2Cc3cn(Cc4ccccc4)c4cccc(c34)C(=O)O2)nn1. The van der Waals surface area contributed by atoms with Crippen LogP contribution in [0.2, 0.25) is 0 Å². The average Bonchev–Trinajstić information content (AvgIpc) is 3.45. The Morgan fingerprint density at radius 1 is 0.971 bits per heavy atom. The van der Waals surface area contributed by atoms with Gasteiger partial charge >= 0.3 is 5.97 Å². The molecule has 3 aromatic carbocycles. The lowest BCUT2D eigenvalue weighted by Gasteiger charge is -2.15. The van der Waals surface area contributed by atoms with E-state index in [1.807, 2.05) is 60.8 Å². The molecule has 1 atom stereocenters. The number of benzene rings is 3. The predicted octanol–water partition coefficient (Wildman–Crippen LogP) is 4.74. The van der Waals surface area contributed by atoms with Crippen LogP contribution >= 0.6 is 0 Å². The van der Waals surface area contributed by atoms with Gasteiger partial charge in [-0.05, 0) is 35.4 Å². The van der Waals surface area contributed by atoms with E-state index in [1.165, 1.54) is 5.56 Å². The molecule has 0 aliphatic carbocycles. The first kappa shape index (κ1) is 21.2. The summed E-state index contributed by atoms with van der Waals surface area (Å²) in [4.78, 5) is 13.1. The smallest absolute Gasteiger partial charge is 0.339 e. The molecule has 0 radical (unpaired) electrons. The minimum absolute atomic E-state index is 0.304. The highest BCUT2D eigenvalue weighted by atomic mass is 16.5. The summed E-state index contributed by atoms with van der Waals surface area (Å²) >= 11 is 0. The van der Waals surface area contributed by atoms with Crippen LogP contribution in [0.4, 0.5) is 0 Å². The Hall–Kier alpha value is -4.39. The quantitative estimate of drug-likeness (QED) is 0.340. The van der Waals surface area contributed by atoms with Gasteiger partial charge in [0.25, 0.3) is 0 Å². The van der Waals surface area contributed by atoms with E-state index in [4.69, 9.17) is 9.47 Å². The maximum Gasteiger partial charge on any atom is 0.339 e. The lowest BCUT2D eigenvalue weighted by Crippen LogP contribution is -2.24. The highest BCUT2D eigenvalue weighted by Gasteiger charge is 2.28. The third-order valence-electron chi connectivity index (χ3n) is 6.43. The third kappa shape index (κ3) is 3.95. The molecule has 1 aliphatic rings. The zero-order valence-corrected chi connectivity index (χ0v) is 19.3. The summed E-state index contributed by atoms with van der Waals surface area (Å²) in [6.45, 7) is 1.15. The number of carbonyl (C=O) groups is 1. The Labute approximate surface area is 202 Å². The van der Waals surface area contributed by atoms with Crippen molar-refractivity contribution in [1.82, 2.24) is 19.6 Å². The lowest BCUT2D eigenvalue weighted by molar-refractivity contribution is 0.0264. The number of para-hydroxylation sites is 1. The molecule has 7 nitrogen and oxygen atoms in total. The van der Waals surface area contributed by atoms with Gasteiger partial charge in [0.2, 0.25) is 0 Å². The summed E-state index contributed by atoms with van der Waals surface area (Å²) in [6.07, 6.45) is 4.25. The zero-order chi connectivity index (χ0) is 23.8. The number of carbonyl (C=O) groups excluding carboxylic acids is 1. The molecule has 174 valence electrons. The fourth-order valence-corrected chi connectivity index (χ4v) is 4.85. The summed E-state index contributed by atoms with van der Waals surface area (Å²) in [6, 6.07) is 23.9. The first-order chi connectivity index (χ1) is 17.2. The molecule has 5 aromatic rings. The van der Waals surface area contributed by atoms with Crippen molar-refractivity contribution in [3.8, 4) is 17.0 Å². The van der Waals surface area contributed by atoms with Gasteiger partial charge in [-0.3, -0.25) is 0 Å². The zero-order valence-electron chi connectivity index (χ0n) is 19.3. The largest absolute Gasteiger partial charge is 0.496 e. The van der Waals surface area contributed by atoms with E-state index in [0.717, 1.165) is 34.3 Å². The Morgan fingerprint density at radius 3 is 2.63 bits per heavy atom. The molecule has 1 unspecified atom stereocenters. The van der Waals surface area contributed by atoms with Gasteiger partial charge in [0.15, 0.2) is 0 Å². The summed E-state index contributed by atoms with van der Waals surface area (Å²) in [5, 5.41) is 9.59. The summed E-state index contributed by atoms with van der Waals surface area (Å²) in [5.74, 6) is 0.430. The highest BCUT2D eigenvalue weighted by molar-refractivity contribution is 6.06. The molecule has 3 heterocycles. The second-order valence-electron chi connectivity index (χ2n) is 8.73. The van der Waals surface area contributed by atoms with Crippen LogP contribution in [-0.4, -0.2) is 38.7 Å². The summed E-state index contributed by atoms with van der Waals surface area (Å²) in [5.41, 5.74) is 5.54. The fraction of sp³-hybridized carbons (Fsp3) is 0.179. The molecule has 0 amide bonds. The topological polar surface area (TPSA) is 71.2 Å². The molecule has 0 bridgehead atoms. The molecule has 0 spiro atoms. The first-order valence-electron chi connectivity index (χ1n) is 11.6. The standard InChI is InChI=1S/C28H24N4O3/c1-34-26-13-6-5-10-22(26)24-18-32(30-29-24)17-21-14-20-16-31(15-19-8-3-2-4-9-19)25-12-7-11-23(27(20)25)28(33)35-21/h2-13,16,18,21H,14-15,17H2,1H3. The lowest BCUT2D eigenvalue weighted by atomic mass is 10.0. The number of hydrogen-bond acceptors (Lipinski definition) is 5. The second kappa shape index (κ2) is 8.76. The van der Waals surface area contributed by atoms with Crippen LogP contribution in [0, 0.1) is 0 Å². The van der Waals surface area contributed by atoms with Crippen LogP contribution in [0.3, 0.4) is 0 Å². The van der Waals surface area contributed by atoms with E-state index in [1.54, 1.807) is 11.8 Å². The fourth-order valence-electron chi connectivity index (χ4n) is 4.85. The van der Waals surface area contributed by atoms with E-state index in [9.17, 15) is 4.79 Å². The summed E-state index contributed by atoms with van der Waals surface area (Å²) < 4.78 is 15.3. The van der Waals surface area contributed by atoms with Crippen LogP contribution < -0.4 is 4.74 Å². The van der Waals surface area contributed by atoms with E-state index < -0.39 is 0 Å². The molecule has 35 heavy (non-hydrogen) atoms.